The van der Waals surface area contributed by atoms with E-state index in [0.29, 0.717) is 6.92 Å². The number of rotatable bonds is 28. The molecule has 0 aromatic heterocycles. The van der Waals surface area contributed by atoms with Gasteiger partial charge in [-0.3, -0.25) is 4.79 Å². The molecule has 0 aromatic rings. The predicted molar refractivity (Wildman–Crippen MR) is 206 cm³/mol. The lowest BCUT2D eigenvalue weighted by Crippen LogP contribution is -2.75. The first-order chi connectivity index (χ1) is 35.7. The van der Waals surface area contributed by atoms with Crippen molar-refractivity contribution in [2.24, 2.45) is 0 Å². The van der Waals surface area contributed by atoms with Crippen LogP contribution in [0.3, 0.4) is 0 Å². The minimum Gasteiger partial charge on any atom is -0.457 e. The van der Waals surface area contributed by atoms with Crippen molar-refractivity contribution in [1.82, 2.24) is 0 Å². The van der Waals surface area contributed by atoms with Crippen molar-refractivity contribution in [3.8, 4) is 0 Å². The Labute approximate surface area is 444 Å². The van der Waals surface area contributed by atoms with Crippen molar-refractivity contribution in [1.29, 1.82) is 0 Å². The highest BCUT2D eigenvalue weighted by Gasteiger charge is 2.88. The fourth-order valence-corrected chi connectivity index (χ4v) is 7.44. The van der Waals surface area contributed by atoms with Crippen molar-refractivity contribution in [2.75, 3.05) is 6.61 Å². The number of hydrogen-bond acceptors (Lipinski definition) is 8. The predicted octanol–water partition coefficient (Wildman–Crippen LogP) is 16.3. The molecular formula is C41H46F34O8. The standard InChI is InChI=1S/C41H46F34O8/c1-12-15-25(11,83-41(74,75)31(48,49)37(65,66)67)29(45,35(59,60)61)39(70,71)81-23(9,13-2)27(43,33(53,54)55)19(76)22(7,8)78-17-16-21(5,6)80-20(77)26(42,32(50,51)52)18(4)79-38(68,69)28(44,34(56,57)58)24(10,14-3)82-40(72,73)30(46,47)36(62,63)64/h18H,12-17H2,1-11H3. The summed E-state index contributed by atoms with van der Waals surface area (Å²) in [4.78, 5) is 26.4. The largest absolute Gasteiger partial charge is 0.462 e. The molecule has 0 aliphatic heterocycles. The number of carbonyl (C=O) groups excluding carboxylic acids is 2. The molecule has 0 saturated carbocycles. The number of carbonyl (C=O) groups is 2. The van der Waals surface area contributed by atoms with E-state index in [1.165, 1.54) is 0 Å². The van der Waals surface area contributed by atoms with Crippen LogP contribution in [0.5, 0.6) is 0 Å². The van der Waals surface area contributed by atoms with Crippen LogP contribution < -0.4 is 0 Å². The highest BCUT2D eigenvalue weighted by Crippen LogP contribution is 2.63. The molecule has 0 aromatic carbocycles. The number of esters is 1. The van der Waals surface area contributed by atoms with Crippen LogP contribution in [0.25, 0.3) is 0 Å². The zero-order valence-electron chi connectivity index (χ0n) is 43.4. The maximum Gasteiger partial charge on any atom is 0.462 e. The third-order valence-corrected chi connectivity index (χ3v) is 12.7. The van der Waals surface area contributed by atoms with Gasteiger partial charge in [0.2, 0.25) is 5.78 Å². The Kier molecular flexibility index (Phi) is 22.0. The van der Waals surface area contributed by atoms with E-state index < -0.39 is 208 Å². The summed E-state index contributed by atoms with van der Waals surface area (Å²) in [7, 11) is 0. The maximum atomic E-state index is 16.8. The highest BCUT2D eigenvalue weighted by molar-refractivity contribution is 5.96. The molecule has 8 unspecified atom stereocenters. The van der Waals surface area contributed by atoms with Gasteiger partial charge in [0, 0.05) is 6.42 Å². The Morgan fingerprint density at radius 1 is 0.398 bits per heavy atom. The van der Waals surface area contributed by atoms with Crippen LogP contribution in [0, 0.1) is 0 Å². The van der Waals surface area contributed by atoms with E-state index in [2.05, 4.69) is 28.4 Å². The van der Waals surface area contributed by atoms with E-state index in [1.807, 2.05) is 0 Å². The number of ether oxygens (including phenoxy) is 6. The van der Waals surface area contributed by atoms with Gasteiger partial charge in [-0.2, -0.15) is 132 Å². The van der Waals surface area contributed by atoms with Gasteiger partial charge in [-0.25, -0.2) is 22.4 Å². The number of Topliss-reactive ketones (excluding diaryl/α,β-unsaturated/α-hetero) is 1. The lowest BCUT2D eigenvalue weighted by Gasteiger charge is -2.51. The van der Waals surface area contributed by atoms with Gasteiger partial charge in [0.1, 0.15) is 34.1 Å². The SMILES string of the molecule is CCCC(C)(OC(F)(F)C(F)(F)C(F)(F)F)C(F)(C(F)(F)F)C(F)(F)OC(C)(CC)C(F)(C(=O)C(C)(C)OCCC(C)(C)OC(=O)C(F)(C(C)OC(F)(F)C(F)(C(F)(F)F)C(C)(CC)OC(F)(F)C(F)(F)C(F)(F)F)C(F)(F)F)C(F)(F)F. The molecule has 8 atom stereocenters. The van der Waals surface area contributed by atoms with Crippen LogP contribution in [0.15, 0.2) is 0 Å². The van der Waals surface area contributed by atoms with Gasteiger partial charge in [-0.15, -0.1) is 0 Å². The Hall–Kier alpha value is -3.44. The summed E-state index contributed by atoms with van der Waals surface area (Å²) < 4.78 is 511. The van der Waals surface area contributed by atoms with Crippen LogP contribution >= 0.6 is 0 Å². The van der Waals surface area contributed by atoms with Gasteiger partial charge in [0.05, 0.1) is 6.61 Å². The summed E-state index contributed by atoms with van der Waals surface area (Å²) in [5.41, 5.74) is -51.0. The normalized spacial score (nSPS) is 20.6. The molecule has 0 saturated heterocycles. The van der Waals surface area contributed by atoms with Crippen LogP contribution in [-0.4, -0.2) is 148 Å². The minimum atomic E-state index is -7.74. The molecule has 0 radical (unpaired) electrons. The number of halogens is 34. The van der Waals surface area contributed by atoms with E-state index in [9.17, 15) is 124 Å². The zero-order valence-corrected chi connectivity index (χ0v) is 43.4. The van der Waals surface area contributed by atoms with E-state index >= 15 is 35.1 Å². The van der Waals surface area contributed by atoms with Crippen LogP contribution in [-0.2, 0) is 38.0 Å². The summed E-state index contributed by atoms with van der Waals surface area (Å²) in [5, 5.41) is 0. The van der Waals surface area contributed by atoms with Crippen LogP contribution in [0.1, 0.15) is 108 Å². The Morgan fingerprint density at radius 3 is 1.04 bits per heavy atom. The van der Waals surface area contributed by atoms with E-state index in [-0.39, 0.29) is 41.5 Å². The first-order valence-corrected chi connectivity index (χ1v) is 22.3. The zero-order chi connectivity index (χ0) is 67.7. The Bertz CT molecular complexity index is 2240. The Morgan fingerprint density at radius 2 is 0.735 bits per heavy atom. The molecule has 0 spiro atoms. The molecule has 0 heterocycles. The summed E-state index contributed by atoms with van der Waals surface area (Å²) in [6, 6.07) is 0. The second-order valence-electron chi connectivity index (χ2n) is 19.7. The van der Waals surface area contributed by atoms with E-state index in [0.717, 1.165) is 0 Å². The molecule has 42 heteroatoms. The number of ketones is 1. The summed E-state index contributed by atoms with van der Waals surface area (Å²) in [6.07, 6.45) is -90.2. The van der Waals surface area contributed by atoms with Gasteiger partial charge in [-0.1, -0.05) is 27.2 Å². The number of hydrogen-bond donors (Lipinski definition) is 0. The first kappa shape index (κ1) is 79.6. The lowest BCUT2D eigenvalue weighted by molar-refractivity contribution is -0.492. The fraction of sp³-hybridized carbons (Fsp3) is 0.951. The molecule has 0 N–H and O–H groups in total. The maximum absolute atomic E-state index is 16.8. The van der Waals surface area contributed by atoms with Crippen molar-refractivity contribution < 1.29 is 187 Å². The summed E-state index contributed by atoms with van der Waals surface area (Å²) in [6.45, 7) is -4.72. The lowest BCUT2D eigenvalue weighted by atomic mass is 9.74. The quantitative estimate of drug-likeness (QED) is 0.0565. The fourth-order valence-electron chi connectivity index (χ4n) is 7.44. The second kappa shape index (κ2) is 22.9. The minimum absolute atomic E-state index is 0.0226. The molecule has 0 fully saturated rings. The molecule has 0 amide bonds. The average molecular weight is 1310 g/mol. The molecule has 83 heavy (non-hydrogen) atoms. The second-order valence-corrected chi connectivity index (χ2v) is 19.7. The van der Waals surface area contributed by atoms with Gasteiger partial charge in [0.25, 0.3) is 5.67 Å². The average Bonchev–Trinajstić information content (AvgIpc) is 3.23. The van der Waals surface area contributed by atoms with Crippen molar-refractivity contribution in [3.05, 3.63) is 0 Å². The third kappa shape index (κ3) is 13.7. The monoisotopic (exact) mass is 1310 g/mol. The van der Waals surface area contributed by atoms with Gasteiger partial charge in [-0.05, 0) is 74.7 Å². The van der Waals surface area contributed by atoms with Crippen LogP contribution in [0.2, 0.25) is 0 Å². The van der Waals surface area contributed by atoms with Gasteiger partial charge < -0.3 is 28.4 Å². The van der Waals surface area contributed by atoms with Crippen molar-refractivity contribution >= 4 is 11.8 Å². The number of alkyl halides is 34. The molecule has 0 aliphatic rings. The summed E-state index contributed by atoms with van der Waals surface area (Å²) in [5.74, 6) is -22.6. The van der Waals surface area contributed by atoms with E-state index in [4.69, 9.17) is 0 Å². The molecule has 0 rings (SSSR count). The van der Waals surface area contributed by atoms with Crippen LogP contribution in [0.4, 0.5) is 149 Å². The first-order valence-electron chi connectivity index (χ1n) is 22.3. The Balaban J connectivity index is 7.52. The molecule has 496 valence electrons. The molecular weight excluding hydrogens is 1270 g/mol. The van der Waals surface area contributed by atoms with Gasteiger partial charge >= 0.3 is 96.3 Å². The summed E-state index contributed by atoms with van der Waals surface area (Å²) >= 11 is 0. The van der Waals surface area contributed by atoms with E-state index in [1.54, 1.807) is 0 Å². The molecule has 0 bridgehead atoms. The topological polar surface area (TPSA) is 89.5 Å². The van der Waals surface area contributed by atoms with Crippen molar-refractivity contribution in [2.45, 2.75) is 238 Å². The van der Waals surface area contributed by atoms with Crippen molar-refractivity contribution in [3.63, 3.8) is 0 Å². The molecule has 8 nitrogen and oxygen atoms in total. The molecule has 0 aliphatic carbocycles. The smallest absolute Gasteiger partial charge is 0.457 e. The third-order valence-electron chi connectivity index (χ3n) is 12.7. The highest BCUT2D eigenvalue weighted by atomic mass is 19.5. The van der Waals surface area contributed by atoms with Gasteiger partial charge in [0.15, 0.2) is 0 Å².